The minimum atomic E-state index is -3.56. The van der Waals surface area contributed by atoms with Gasteiger partial charge in [-0.3, -0.25) is 4.79 Å². The van der Waals surface area contributed by atoms with Gasteiger partial charge in [0.25, 0.3) is 5.91 Å². The molecule has 1 atom stereocenters. The maximum Gasteiger partial charge on any atom is 0.306 e. The lowest BCUT2D eigenvalue weighted by molar-refractivity contribution is 0.0766. The number of hydrogen-bond donors (Lipinski definition) is 1. The average molecular weight is 519 g/mol. The Morgan fingerprint density at radius 2 is 1.83 bits per heavy atom. The van der Waals surface area contributed by atoms with Crippen LogP contribution < -0.4 is 19.4 Å². The van der Waals surface area contributed by atoms with Crippen molar-refractivity contribution in [3.63, 3.8) is 0 Å². The quantitative estimate of drug-likeness (QED) is 0.405. The third kappa shape index (κ3) is 5.71. The Morgan fingerprint density at radius 3 is 2.51 bits per heavy atom. The van der Waals surface area contributed by atoms with E-state index in [1.165, 1.54) is 0 Å². The van der Waals surface area contributed by atoms with Crippen LogP contribution in [-0.4, -0.2) is 51.8 Å². The fourth-order valence-electron chi connectivity index (χ4n) is 4.30. The smallest absolute Gasteiger partial charge is 0.306 e. The minimum Gasteiger partial charge on any atom is -0.493 e. The predicted molar refractivity (Wildman–Crippen MR) is 137 cm³/mol. The first kappa shape index (κ1) is 25.3. The molecule has 0 saturated heterocycles. The molecule has 2 heterocycles. The van der Waals surface area contributed by atoms with Gasteiger partial charge in [0, 0.05) is 28.9 Å². The zero-order valence-corrected chi connectivity index (χ0v) is 21.9. The summed E-state index contributed by atoms with van der Waals surface area (Å²) in [5, 5.41) is 3.14. The molecule has 188 valence electrons. The van der Waals surface area contributed by atoms with Gasteiger partial charge in [-0.05, 0) is 78.4 Å². The number of amides is 1. The number of aryl methyl sites for hydroxylation is 1. The molecule has 0 spiro atoms. The van der Waals surface area contributed by atoms with Crippen molar-refractivity contribution in [2.75, 3.05) is 27.0 Å². The van der Waals surface area contributed by atoms with Gasteiger partial charge < -0.3 is 24.3 Å². The monoisotopic (exact) mass is 518 g/mol. The van der Waals surface area contributed by atoms with Crippen molar-refractivity contribution in [3.8, 4) is 17.2 Å². The average Bonchev–Trinajstić information content (AvgIpc) is 3.34. The summed E-state index contributed by atoms with van der Waals surface area (Å²) in [5.41, 5.74) is 8.90. The lowest BCUT2D eigenvalue weighted by atomic mass is 9.90. The topological polar surface area (TPSA) is 108 Å². The van der Waals surface area contributed by atoms with Crippen LogP contribution in [0.25, 0.3) is 10.1 Å². The fourth-order valence-corrected chi connectivity index (χ4v) is 5.78. The molecule has 2 N–H and O–H groups in total. The molecule has 0 saturated carbocycles. The molecule has 8 nitrogen and oxygen atoms in total. The number of rotatable bonds is 10. The Kier molecular flexibility index (Phi) is 6.99. The first-order valence-electron chi connectivity index (χ1n) is 11.2. The molecule has 0 aliphatic carbocycles. The van der Waals surface area contributed by atoms with Gasteiger partial charge in [0.1, 0.15) is 5.75 Å². The molecule has 1 unspecified atom stereocenters. The molecule has 0 fully saturated rings. The van der Waals surface area contributed by atoms with Crippen LogP contribution in [-0.2, 0) is 23.1 Å². The first-order chi connectivity index (χ1) is 16.5. The number of nitrogens with zero attached hydrogens (tertiary/aromatic N) is 1. The molecular weight excluding hydrogens is 488 g/mol. The summed E-state index contributed by atoms with van der Waals surface area (Å²) in [6, 6.07) is 8.90. The van der Waals surface area contributed by atoms with Crippen molar-refractivity contribution in [2.24, 2.45) is 5.73 Å². The van der Waals surface area contributed by atoms with Crippen LogP contribution in [0, 0.1) is 0 Å². The van der Waals surface area contributed by atoms with Crippen LogP contribution in [0.5, 0.6) is 17.2 Å². The Balaban J connectivity index is 1.37. The zero-order valence-electron chi connectivity index (χ0n) is 20.3. The highest BCUT2D eigenvalue weighted by Gasteiger charge is 2.31. The van der Waals surface area contributed by atoms with Gasteiger partial charge in [0.05, 0.1) is 20.5 Å². The van der Waals surface area contributed by atoms with E-state index in [9.17, 15) is 13.2 Å². The first-order valence-corrected chi connectivity index (χ1v) is 13.9. The number of carbonyl (C=O) groups excluding carboxylic acids is 1. The second kappa shape index (κ2) is 9.67. The van der Waals surface area contributed by atoms with Crippen LogP contribution in [0.2, 0.25) is 0 Å². The normalized spacial score (nSPS) is 15.2. The van der Waals surface area contributed by atoms with E-state index in [1.54, 1.807) is 43.8 Å². The van der Waals surface area contributed by atoms with Crippen molar-refractivity contribution in [2.45, 2.75) is 38.3 Å². The van der Waals surface area contributed by atoms with Crippen LogP contribution in [0.1, 0.15) is 41.3 Å². The van der Waals surface area contributed by atoms with Crippen LogP contribution in [0.15, 0.2) is 35.7 Å². The summed E-state index contributed by atoms with van der Waals surface area (Å²) < 4.78 is 39.4. The molecule has 35 heavy (non-hydrogen) atoms. The highest BCUT2D eigenvalue weighted by molar-refractivity contribution is 7.86. The molecule has 0 radical (unpaired) electrons. The van der Waals surface area contributed by atoms with Gasteiger partial charge in [-0.2, -0.15) is 8.42 Å². The largest absolute Gasteiger partial charge is 0.493 e. The number of methoxy groups -OCH3 is 2. The molecule has 1 aromatic heterocycles. The molecule has 1 aliphatic rings. The van der Waals surface area contributed by atoms with E-state index in [2.05, 4.69) is 5.38 Å². The SMILES string of the molecule is COc1cc2c(cc1OC)C(=O)N(CCC(C)(N)CCc1csc3cc(OS(C)(=O)=O)ccc13)C2. The highest BCUT2D eigenvalue weighted by Crippen LogP contribution is 2.36. The van der Waals surface area contributed by atoms with E-state index in [0.29, 0.717) is 42.3 Å². The number of nitrogens with two attached hydrogens (primary N) is 1. The summed E-state index contributed by atoms with van der Waals surface area (Å²) in [4.78, 5) is 14.7. The van der Waals surface area contributed by atoms with Gasteiger partial charge in [-0.15, -0.1) is 11.3 Å². The Bertz CT molecular complexity index is 1360. The fraction of sp³-hybridized carbons (Fsp3) is 0.400. The molecule has 10 heteroatoms. The Labute approximate surface area is 209 Å². The van der Waals surface area contributed by atoms with Gasteiger partial charge in [-0.25, -0.2) is 0 Å². The zero-order chi connectivity index (χ0) is 25.4. The van der Waals surface area contributed by atoms with E-state index in [1.807, 2.05) is 24.0 Å². The summed E-state index contributed by atoms with van der Waals surface area (Å²) in [6.07, 6.45) is 3.22. The van der Waals surface area contributed by atoms with Crippen molar-refractivity contribution >= 4 is 37.4 Å². The van der Waals surface area contributed by atoms with Crippen molar-refractivity contribution in [1.29, 1.82) is 0 Å². The number of thiophene rings is 1. The van der Waals surface area contributed by atoms with Crippen molar-refractivity contribution < 1.29 is 26.9 Å². The van der Waals surface area contributed by atoms with Gasteiger partial charge in [0.2, 0.25) is 0 Å². The minimum absolute atomic E-state index is 0.0206. The summed E-state index contributed by atoms with van der Waals surface area (Å²) in [5.74, 6) is 1.45. The lowest BCUT2D eigenvalue weighted by Gasteiger charge is -2.27. The molecule has 1 amide bonds. The maximum atomic E-state index is 12.9. The van der Waals surface area contributed by atoms with Gasteiger partial charge in [-0.1, -0.05) is 0 Å². The van der Waals surface area contributed by atoms with Gasteiger partial charge in [0.15, 0.2) is 11.5 Å². The molecule has 2 aromatic carbocycles. The Hall–Kier alpha value is -2.82. The number of hydrogen-bond acceptors (Lipinski definition) is 8. The van der Waals surface area contributed by atoms with E-state index in [0.717, 1.165) is 40.3 Å². The van der Waals surface area contributed by atoms with E-state index in [-0.39, 0.29) is 5.91 Å². The third-order valence-electron chi connectivity index (χ3n) is 6.28. The number of ether oxygens (including phenoxy) is 2. The summed E-state index contributed by atoms with van der Waals surface area (Å²) in [6.45, 7) is 3.10. The molecule has 1 aliphatic heterocycles. The molecule has 3 aromatic rings. The molecule has 4 rings (SSSR count). The van der Waals surface area contributed by atoms with E-state index < -0.39 is 15.7 Å². The second-order valence-electron chi connectivity index (χ2n) is 9.20. The Morgan fingerprint density at radius 1 is 1.11 bits per heavy atom. The summed E-state index contributed by atoms with van der Waals surface area (Å²) >= 11 is 1.55. The number of carbonyl (C=O) groups is 1. The second-order valence-corrected chi connectivity index (χ2v) is 11.7. The highest BCUT2D eigenvalue weighted by atomic mass is 32.2. The number of benzene rings is 2. The predicted octanol–water partition coefficient (Wildman–Crippen LogP) is 3.95. The van der Waals surface area contributed by atoms with Crippen LogP contribution in [0.4, 0.5) is 0 Å². The maximum absolute atomic E-state index is 12.9. The molecule has 0 bridgehead atoms. The van der Waals surface area contributed by atoms with Crippen molar-refractivity contribution in [3.05, 3.63) is 52.4 Å². The van der Waals surface area contributed by atoms with Crippen molar-refractivity contribution in [1.82, 2.24) is 4.90 Å². The standard InChI is InChI=1S/C25H30N2O6S2/c1-25(26,8-7-16-15-34-23-12-18(5-6-19(16)23)33-35(4,29)30)9-10-27-14-17-11-21(31-2)22(32-3)13-20(17)24(27)28/h5-6,11-13,15H,7-10,14,26H2,1-4H3. The number of fused-ring (bicyclic) bond motifs is 2. The molecular formula is C25H30N2O6S2. The van der Waals surface area contributed by atoms with Crippen LogP contribution in [0.3, 0.4) is 0 Å². The lowest BCUT2D eigenvalue weighted by Crippen LogP contribution is -2.40. The van der Waals surface area contributed by atoms with E-state index >= 15 is 0 Å². The van der Waals surface area contributed by atoms with E-state index in [4.69, 9.17) is 19.4 Å². The van der Waals surface area contributed by atoms with Gasteiger partial charge >= 0.3 is 10.1 Å². The third-order valence-corrected chi connectivity index (χ3v) is 7.77. The summed E-state index contributed by atoms with van der Waals surface area (Å²) in [7, 11) is -0.426. The van der Waals surface area contributed by atoms with Crippen LogP contribution >= 0.6 is 11.3 Å².